The number of hydrogen-bond donors (Lipinski definition) is 1. The smallest absolute Gasteiger partial charge is 0.242 e. The van der Waals surface area contributed by atoms with Crippen LogP contribution in [0, 0.1) is 12.8 Å². The molecular weight excluding hydrogens is 407 g/mol. The van der Waals surface area contributed by atoms with E-state index in [1.807, 2.05) is 45.0 Å². The molecule has 0 unspecified atom stereocenters. The van der Waals surface area contributed by atoms with E-state index in [4.69, 9.17) is 23.2 Å². The number of nitrogens with one attached hydrogen (secondary N) is 1. The molecule has 0 aromatic heterocycles. The number of nitrogens with zero attached hydrogens (tertiary/aromatic N) is 1. The lowest BCUT2D eigenvalue weighted by atomic mass is 10.0. The minimum absolute atomic E-state index is 0.150. The second-order valence-corrected chi connectivity index (χ2v) is 8.45. The predicted octanol–water partition coefficient (Wildman–Crippen LogP) is 5.03. The maximum absolute atomic E-state index is 13.2. The third-order valence-corrected chi connectivity index (χ3v) is 5.55. The van der Waals surface area contributed by atoms with Crippen LogP contribution in [-0.2, 0) is 22.6 Å². The van der Waals surface area contributed by atoms with E-state index in [0.717, 1.165) is 11.1 Å². The topological polar surface area (TPSA) is 49.4 Å². The Morgan fingerprint density at radius 3 is 2.21 bits per heavy atom. The van der Waals surface area contributed by atoms with Crippen LogP contribution in [0.4, 0.5) is 0 Å². The number of benzene rings is 2. The molecule has 2 rings (SSSR count). The van der Waals surface area contributed by atoms with Crippen LogP contribution in [0.1, 0.15) is 37.5 Å². The largest absolute Gasteiger partial charge is 0.354 e. The summed E-state index contributed by atoms with van der Waals surface area (Å²) in [6.45, 7) is 8.47. The van der Waals surface area contributed by atoms with Crippen molar-refractivity contribution in [3.63, 3.8) is 0 Å². The Labute approximate surface area is 183 Å². The molecule has 1 N–H and O–H groups in total. The third-order valence-electron chi connectivity index (χ3n) is 4.84. The van der Waals surface area contributed by atoms with Crippen molar-refractivity contribution < 1.29 is 9.59 Å². The van der Waals surface area contributed by atoms with Gasteiger partial charge in [-0.3, -0.25) is 9.59 Å². The van der Waals surface area contributed by atoms with Crippen molar-refractivity contribution in [1.29, 1.82) is 0 Å². The first-order chi connectivity index (χ1) is 13.7. The van der Waals surface area contributed by atoms with E-state index >= 15 is 0 Å². The van der Waals surface area contributed by atoms with Crippen LogP contribution in [0.2, 0.25) is 10.0 Å². The van der Waals surface area contributed by atoms with Gasteiger partial charge in [-0.15, -0.1) is 0 Å². The number of carbonyl (C=O) groups excluding carboxylic acids is 2. The van der Waals surface area contributed by atoms with Crippen LogP contribution in [0.25, 0.3) is 0 Å². The van der Waals surface area contributed by atoms with E-state index in [0.29, 0.717) is 28.1 Å². The van der Waals surface area contributed by atoms with Gasteiger partial charge in [-0.05, 0) is 43.0 Å². The fraction of sp³-hybridized carbons (Fsp3) is 0.391. The molecule has 0 saturated carbocycles. The molecule has 0 aliphatic carbocycles. The highest BCUT2D eigenvalue weighted by molar-refractivity contribution is 6.36. The molecule has 2 aromatic carbocycles. The van der Waals surface area contributed by atoms with E-state index in [2.05, 4.69) is 5.32 Å². The quantitative estimate of drug-likeness (QED) is 0.632. The van der Waals surface area contributed by atoms with Gasteiger partial charge in [0.1, 0.15) is 6.04 Å². The van der Waals surface area contributed by atoms with E-state index in [1.54, 1.807) is 30.0 Å². The molecule has 2 aromatic rings. The molecule has 0 saturated heterocycles. The van der Waals surface area contributed by atoms with Crippen molar-refractivity contribution in [2.75, 3.05) is 6.54 Å². The number of halogens is 2. The van der Waals surface area contributed by atoms with Crippen molar-refractivity contribution >= 4 is 35.0 Å². The number of amides is 2. The minimum atomic E-state index is -0.655. The number of hydrogen-bond acceptors (Lipinski definition) is 2. The standard InChI is InChI=1S/C23H28Cl2N2O2/c1-15(2)13-26-23(29)17(4)27(14-19-20(24)10-7-11-21(19)25)22(28)12-18-9-6-5-8-16(18)3/h5-11,15,17H,12-14H2,1-4H3,(H,26,29)/t17-/m0/s1. The summed E-state index contributed by atoms with van der Waals surface area (Å²) in [6, 6.07) is 12.3. The Morgan fingerprint density at radius 2 is 1.62 bits per heavy atom. The maximum Gasteiger partial charge on any atom is 0.242 e. The molecular formula is C23H28Cl2N2O2. The molecule has 0 fully saturated rings. The third kappa shape index (κ3) is 6.48. The zero-order valence-electron chi connectivity index (χ0n) is 17.3. The van der Waals surface area contributed by atoms with Crippen molar-refractivity contribution in [1.82, 2.24) is 10.2 Å². The molecule has 4 nitrogen and oxygen atoms in total. The van der Waals surface area contributed by atoms with Gasteiger partial charge in [-0.25, -0.2) is 0 Å². The van der Waals surface area contributed by atoms with Crippen molar-refractivity contribution in [3.8, 4) is 0 Å². The minimum Gasteiger partial charge on any atom is -0.354 e. The Balaban J connectivity index is 2.30. The van der Waals surface area contributed by atoms with Crippen LogP contribution in [0.5, 0.6) is 0 Å². The average molecular weight is 435 g/mol. The van der Waals surface area contributed by atoms with Gasteiger partial charge < -0.3 is 10.2 Å². The van der Waals surface area contributed by atoms with Gasteiger partial charge in [0.25, 0.3) is 0 Å². The molecule has 0 bridgehead atoms. The van der Waals surface area contributed by atoms with Gasteiger partial charge in [0.2, 0.25) is 11.8 Å². The highest BCUT2D eigenvalue weighted by Gasteiger charge is 2.27. The first-order valence-corrected chi connectivity index (χ1v) is 10.5. The van der Waals surface area contributed by atoms with Gasteiger partial charge >= 0.3 is 0 Å². The lowest BCUT2D eigenvalue weighted by Crippen LogP contribution is -2.48. The second kappa shape index (κ2) is 10.7. The zero-order valence-corrected chi connectivity index (χ0v) is 18.8. The summed E-state index contributed by atoms with van der Waals surface area (Å²) in [6.07, 6.45) is 0.205. The van der Waals surface area contributed by atoms with Gasteiger partial charge in [0, 0.05) is 28.7 Å². The molecule has 0 radical (unpaired) electrons. The van der Waals surface area contributed by atoms with Crippen LogP contribution in [-0.4, -0.2) is 29.3 Å². The molecule has 0 aliphatic rings. The van der Waals surface area contributed by atoms with Gasteiger partial charge in [-0.2, -0.15) is 0 Å². The summed E-state index contributed by atoms with van der Waals surface area (Å²) < 4.78 is 0. The molecule has 0 spiro atoms. The zero-order chi connectivity index (χ0) is 21.6. The summed E-state index contributed by atoms with van der Waals surface area (Å²) >= 11 is 12.7. The normalized spacial score (nSPS) is 12.0. The fourth-order valence-corrected chi connectivity index (χ4v) is 3.48. The van der Waals surface area contributed by atoms with Crippen molar-refractivity contribution in [3.05, 3.63) is 69.2 Å². The molecule has 1 atom stereocenters. The SMILES string of the molecule is Cc1ccccc1CC(=O)N(Cc1c(Cl)cccc1Cl)[C@@H](C)C(=O)NCC(C)C. The summed E-state index contributed by atoms with van der Waals surface area (Å²) in [4.78, 5) is 27.5. The number of aryl methyl sites for hydroxylation is 1. The molecule has 29 heavy (non-hydrogen) atoms. The van der Waals surface area contributed by atoms with E-state index in [9.17, 15) is 9.59 Å². The molecule has 6 heteroatoms. The summed E-state index contributed by atoms with van der Waals surface area (Å²) in [7, 11) is 0. The summed E-state index contributed by atoms with van der Waals surface area (Å²) in [5, 5.41) is 3.85. The van der Waals surface area contributed by atoms with Gasteiger partial charge in [-0.1, -0.05) is 67.4 Å². The van der Waals surface area contributed by atoms with Crippen molar-refractivity contribution in [2.45, 2.75) is 46.7 Å². The van der Waals surface area contributed by atoms with Crippen LogP contribution < -0.4 is 5.32 Å². The maximum atomic E-state index is 13.2. The Morgan fingerprint density at radius 1 is 1.00 bits per heavy atom. The lowest BCUT2D eigenvalue weighted by molar-refractivity contribution is -0.140. The lowest BCUT2D eigenvalue weighted by Gasteiger charge is -2.30. The van der Waals surface area contributed by atoms with E-state index in [-0.39, 0.29) is 24.8 Å². The van der Waals surface area contributed by atoms with Crippen LogP contribution >= 0.6 is 23.2 Å². The number of carbonyl (C=O) groups is 2. The van der Waals surface area contributed by atoms with Gasteiger partial charge in [0.15, 0.2) is 0 Å². The highest BCUT2D eigenvalue weighted by atomic mass is 35.5. The summed E-state index contributed by atoms with van der Waals surface area (Å²) in [5.74, 6) is -0.0252. The average Bonchev–Trinajstić information content (AvgIpc) is 2.67. The second-order valence-electron chi connectivity index (χ2n) is 7.64. The van der Waals surface area contributed by atoms with E-state index in [1.165, 1.54) is 0 Å². The molecule has 156 valence electrons. The Bertz CT molecular complexity index is 847. The monoisotopic (exact) mass is 434 g/mol. The first-order valence-electron chi connectivity index (χ1n) is 9.75. The molecule has 0 heterocycles. The Hall–Kier alpha value is -2.04. The first kappa shape index (κ1) is 23.2. The highest BCUT2D eigenvalue weighted by Crippen LogP contribution is 2.27. The predicted molar refractivity (Wildman–Crippen MR) is 119 cm³/mol. The molecule has 0 aliphatic heterocycles. The molecule has 2 amide bonds. The van der Waals surface area contributed by atoms with Crippen molar-refractivity contribution in [2.24, 2.45) is 5.92 Å². The Kier molecular flexibility index (Phi) is 8.54. The summed E-state index contributed by atoms with van der Waals surface area (Å²) in [5.41, 5.74) is 2.61. The fourth-order valence-electron chi connectivity index (χ4n) is 2.96. The number of rotatable bonds is 8. The van der Waals surface area contributed by atoms with Crippen LogP contribution in [0.15, 0.2) is 42.5 Å². The van der Waals surface area contributed by atoms with E-state index < -0.39 is 6.04 Å². The van der Waals surface area contributed by atoms with Crippen LogP contribution in [0.3, 0.4) is 0 Å². The van der Waals surface area contributed by atoms with Gasteiger partial charge in [0.05, 0.1) is 6.42 Å².